The summed E-state index contributed by atoms with van der Waals surface area (Å²) in [6.45, 7) is 0. The molecule has 4 nitrogen and oxygen atoms in total. The molecule has 0 atom stereocenters. The van der Waals surface area contributed by atoms with Gasteiger partial charge in [0.05, 0.1) is 5.52 Å². The number of hydrogen-bond acceptors (Lipinski definition) is 2. The maximum absolute atomic E-state index is 12.2. The maximum atomic E-state index is 12.2. The van der Waals surface area contributed by atoms with Gasteiger partial charge in [0.1, 0.15) is 0 Å². The highest BCUT2D eigenvalue weighted by Gasteiger charge is 2.22. The molecule has 1 aromatic heterocycles. The Bertz CT molecular complexity index is 602. The zero-order valence-corrected chi connectivity index (χ0v) is 12.2. The Morgan fingerprint density at radius 1 is 1.32 bits per heavy atom. The predicted octanol–water partition coefficient (Wildman–Crippen LogP) is 3.84. The first-order valence-corrected chi connectivity index (χ1v) is 7.48. The van der Waals surface area contributed by atoms with Crippen LogP contribution in [0, 0.1) is 5.92 Å². The van der Waals surface area contributed by atoms with E-state index in [1.807, 2.05) is 18.2 Å². The molecule has 1 aromatic carbocycles. The molecule has 5 heteroatoms. The molecule has 0 radical (unpaired) electrons. The molecule has 1 amide bonds. The number of aromatic nitrogens is 2. The molecule has 1 saturated carbocycles. The third-order valence-electron chi connectivity index (χ3n) is 3.74. The van der Waals surface area contributed by atoms with Crippen LogP contribution in [0.15, 0.2) is 22.7 Å². The van der Waals surface area contributed by atoms with Crippen molar-refractivity contribution in [1.82, 2.24) is 10.2 Å². The van der Waals surface area contributed by atoms with E-state index in [4.69, 9.17) is 0 Å². The van der Waals surface area contributed by atoms with E-state index in [0.29, 0.717) is 5.82 Å². The minimum Gasteiger partial charge on any atom is -0.308 e. The summed E-state index contributed by atoms with van der Waals surface area (Å²) in [5.74, 6) is 0.882. The number of nitrogens with zero attached hydrogens (tertiary/aromatic N) is 1. The number of anilines is 1. The molecule has 1 aliphatic rings. The Kier molecular flexibility index (Phi) is 3.55. The molecule has 0 bridgehead atoms. The zero-order valence-electron chi connectivity index (χ0n) is 10.6. The van der Waals surface area contributed by atoms with Gasteiger partial charge in [-0.05, 0) is 31.0 Å². The van der Waals surface area contributed by atoms with Crippen LogP contribution < -0.4 is 5.32 Å². The van der Waals surface area contributed by atoms with Crippen molar-refractivity contribution in [2.75, 3.05) is 5.32 Å². The van der Waals surface area contributed by atoms with E-state index >= 15 is 0 Å². The molecule has 2 aromatic rings. The number of rotatable bonds is 2. The third-order valence-corrected chi connectivity index (χ3v) is 4.24. The highest BCUT2D eigenvalue weighted by molar-refractivity contribution is 9.10. The van der Waals surface area contributed by atoms with E-state index < -0.39 is 0 Å². The lowest BCUT2D eigenvalue weighted by atomic mass is 9.89. The Morgan fingerprint density at radius 2 is 2.11 bits per heavy atom. The molecule has 0 aliphatic heterocycles. The van der Waals surface area contributed by atoms with Crippen LogP contribution in [-0.2, 0) is 4.79 Å². The van der Waals surface area contributed by atoms with Gasteiger partial charge in [0, 0.05) is 15.8 Å². The summed E-state index contributed by atoms with van der Waals surface area (Å²) in [6, 6.07) is 5.87. The fourth-order valence-electron chi connectivity index (χ4n) is 2.67. The number of carbonyl (C=O) groups is 1. The molecule has 3 rings (SSSR count). The lowest BCUT2D eigenvalue weighted by Gasteiger charge is -2.20. The molecule has 1 aliphatic carbocycles. The molecule has 0 unspecified atom stereocenters. The fourth-order valence-corrected chi connectivity index (χ4v) is 3.03. The van der Waals surface area contributed by atoms with Gasteiger partial charge >= 0.3 is 0 Å². The summed E-state index contributed by atoms with van der Waals surface area (Å²) in [6.07, 6.45) is 5.56. The van der Waals surface area contributed by atoms with Crippen molar-refractivity contribution in [3.8, 4) is 0 Å². The summed E-state index contributed by atoms with van der Waals surface area (Å²) in [4.78, 5) is 12.2. The van der Waals surface area contributed by atoms with Gasteiger partial charge in [-0.25, -0.2) is 0 Å². The van der Waals surface area contributed by atoms with Crippen LogP contribution in [0.25, 0.3) is 10.9 Å². The Morgan fingerprint density at radius 3 is 2.89 bits per heavy atom. The summed E-state index contributed by atoms with van der Waals surface area (Å²) in [5, 5.41) is 11.0. The Hall–Kier alpha value is -1.36. The van der Waals surface area contributed by atoms with Gasteiger partial charge in [-0.15, -0.1) is 0 Å². The number of nitrogens with one attached hydrogen (secondary N) is 2. The molecule has 19 heavy (non-hydrogen) atoms. The number of fused-ring (bicyclic) bond motifs is 1. The van der Waals surface area contributed by atoms with E-state index in [1.54, 1.807) is 0 Å². The summed E-state index contributed by atoms with van der Waals surface area (Å²) in [5.41, 5.74) is 0.933. The SMILES string of the molecule is O=C(Nc1n[nH]c2ccc(Br)cc12)C1CCCCC1. The van der Waals surface area contributed by atoms with Gasteiger partial charge < -0.3 is 5.32 Å². The summed E-state index contributed by atoms with van der Waals surface area (Å²) in [7, 11) is 0. The average Bonchev–Trinajstić information content (AvgIpc) is 2.82. The second-order valence-corrected chi connectivity index (χ2v) is 6.00. The van der Waals surface area contributed by atoms with Crippen molar-refractivity contribution in [1.29, 1.82) is 0 Å². The van der Waals surface area contributed by atoms with Crippen LogP contribution in [0.5, 0.6) is 0 Å². The second-order valence-electron chi connectivity index (χ2n) is 5.09. The zero-order chi connectivity index (χ0) is 13.2. The molecule has 2 N–H and O–H groups in total. The summed E-state index contributed by atoms with van der Waals surface area (Å²) >= 11 is 3.44. The van der Waals surface area contributed by atoms with Crippen LogP contribution in [0.1, 0.15) is 32.1 Å². The monoisotopic (exact) mass is 321 g/mol. The quantitative estimate of drug-likeness (QED) is 0.882. The van der Waals surface area contributed by atoms with E-state index in [-0.39, 0.29) is 11.8 Å². The van der Waals surface area contributed by atoms with Crippen LogP contribution in [0.2, 0.25) is 0 Å². The minimum atomic E-state index is 0.105. The molecule has 1 heterocycles. The molecule has 0 spiro atoms. The van der Waals surface area contributed by atoms with E-state index in [1.165, 1.54) is 6.42 Å². The van der Waals surface area contributed by atoms with E-state index in [2.05, 4.69) is 31.4 Å². The van der Waals surface area contributed by atoms with Gasteiger partial charge in [0.25, 0.3) is 0 Å². The highest BCUT2D eigenvalue weighted by atomic mass is 79.9. The molecule has 0 saturated heterocycles. The average molecular weight is 322 g/mol. The standard InChI is InChI=1S/C14H16BrN3O/c15-10-6-7-12-11(8-10)13(18-17-12)16-14(19)9-4-2-1-3-5-9/h6-9H,1-5H2,(H2,16,17,18,19). The highest BCUT2D eigenvalue weighted by Crippen LogP contribution is 2.27. The lowest BCUT2D eigenvalue weighted by Crippen LogP contribution is -2.24. The smallest absolute Gasteiger partial charge is 0.228 e. The number of benzene rings is 1. The minimum absolute atomic E-state index is 0.105. The normalized spacial score (nSPS) is 16.7. The Labute approximate surface area is 120 Å². The first kappa shape index (κ1) is 12.7. The van der Waals surface area contributed by atoms with Gasteiger partial charge in [0.2, 0.25) is 5.91 Å². The number of carbonyl (C=O) groups excluding carboxylic acids is 1. The topological polar surface area (TPSA) is 57.8 Å². The van der Waals surface area contributed by atoms with Gasteiger partial charge in [-0.3, -0.25) is 9.89 Å². The first-order valence-electron chi connectivity index (χ1n) is 6.68. The van der Waals surface area contributed by atoms with E-state index in [0.717, 1.165) is 41.1 Å². The van der Waals surface area contributed by atoms with Gasteiger partial charge in [-0.1, -0.05) is 35.2 Å². The van der Waals surface area contributed by atoms with E-state index in [9.17, 15) is 4.79 Å². The second kappa shape index (κ2) is 5.33. The number of H-pyrrole nitrogens is 1. The molecular weight excluding hydrogens is 306 g/mol. The largest absolute Gasteiger partial charge is 0.308 e. The predicted molar refractivity (Wildman–Crippen MR) is 79.0 cm³/mol. The maximum Gasteiger partial charge on any atom is 0.228 e. The van der Waals surface area contributed by atoms with Gasteiger partial charge in [-0.2, -0.15) is 5.10 Å². The number of aromatic amines is 1. The number of halogens is 1. The van der Waals surface area contributed by atoms with Crippen LogP contribution in [0.4, 0.5) is 5.82 Å². The lowest BCUT2D eigenvalue weighted by molar-refractivity contribution is -0.120. The van der Waals surface area contributed by atoms with Crippen molar-refractivity contribution in [2.45, 2.75) is 32.1 Å². The summed E-state index contributed by atoms with van der Waals surface area (Å²) < 4.78 is 0.981. The Balaban J connectivity index is 1.80. The van der Waals surface area contributed by atoms with Crippen LogP contribution >= 0.6 is 15.9 Å². The van der Waals surface area contributed by atoms with Crippen molar-refractivity contribution < 1.29 is 4.79 Å². The van der Waals surface area contributed by atoms with Crippen LogP contribution in [-0.4, -0.2) is 16.1 Å². The molecule has 1 fully saturated rings. The van der Waals surface area contributed by atoms with Crippen molar-refractivity contribution >= 4 is 38.6 Å². The molecular formula is C14H16BrN3O. The van der Waals surface area contributed by atoms with Crippen molar-refractivity contribution in [3.05, 3.63) is 22.7 Å². The van der Waals surface area contributed by atoms with Crippen LogP contribution in [0.3, 0.4) is 0 Å². The van der Waals surface area contributed by atoms with Crippen molar-refractivity contribution in [2.24, 2.45) is 5.92 Å². The molecule has 100 valence electrons. The van der Waals surface area contributed by atoms with Crippen molar-refractivity contribution in [3.63, 3.8) is 0 Å². The first-order chi connectivity index (χ1) is 9.24. The third kappa shape index (κ3) is 2.66. The van der Waals surface area contributed by atoms with Gasteiger partial charge in [0.15, 0.2) is 5.82 Å². The number of amides is 1. The number of hydrogen-bond donors (Lipinski definition) is 2. The fraction of sp³-hybridized carbons (Fsp3) is 0.429.